The molecule has 0 unspecified atom stereocenters. The molecule has 98 valence electrons. The van der Waals surface area contributed by atoms with Gasteiger partial charge >= 0.3 is 0 Å². The van der Waals surface area contributed by atoms with Gasteiger partial charge in [0.15, 0.2) is 0 Å². The zero-order valence-electron chi connectivity index (χ0n) is 10.4. The van der Waals surface area contributed by atoms with E-state index in [-0.39, 0.29) is 11.5 Å². The molecule has 0 spiro atoms. The number of nitrogens with one attached hydrogen (secondary N) is 2. The van der Waals surface area contributed by atoms with Crippen LogP contribution in [0.3, 0.4) is 0 Å². The number of benzene rings is 1. The summed E-state index contributed by atoms with van der Waals surface area (Å²) in [6.07, 6.45) is 3.14. The topological polar surface area (TPSA) is 113 Å². The molecule has 0 saturated heterocycles. The van der Waals surface area contributed by atoms with E-state index in [9.17, 15) is 0 Å². The quantitative estimate of drug-likeness (QED) is 0.488. The molecular formula is C13H11N7. The smallest absolute Gasteiger partial charge is 0.247 e. The van der Waals surface area contributed by atoms with Gasteiger partial charge in [0.1, 0.15) is 11.5 Å². The van der Waals surface area contributed by atoms with Crippen LogP contribution in [0.1, 0.15) is 5.69 Å². The second-order valence-electron chi connectivity index (χ2n) is 4.12. The van der Waals surface area contributed by atoms with Crippen LogP contribution < -0.4 is 11.1 Å². The van der Waals surface area contributed by atoms with Gasteiger partial charge in [0, 0.05) is 17.3 Å². The van der Waals surface area contributed by atoms with Crippen molar-refractivity contribution >= 4 is 28.4 Å². The number of aromatic nitrogens is 4. The van der Waals surface area contributed by atoms with Crippen LogP contribution in [0.4, 0.5) is 11.6 Å². The predicted octanol–water partition coefficient (Wildman–Crippen LogP) is 1.45. The van der Waals surface area contributed by atoms with Crippen molar-refractivity contribution in [2.24, 2.45) is 5.73 Å². The minimum atomic E-state index is -0.161. The van der Waals surface area contributed by atoms with E-state index in [1.807, 2.05) is 30.3 Å². The Morgan fingerprint density at radius 3 is 2.80 bits per heavy atom. The summed E-state index contributed by atoms with van der Waals surface area (Å²) < 4.78 is 0. The van der Waals surface area contributed by atoms with Crippen LogP contribution in [0.2, 0.25) is 0 Å². The highest BCUT2D eigenvalue weighted by molar-refractivity contribution is 5.92. The summed E-state index contributed by atoms with van der Waals surface area (Å²) in [5.74, 6) is 0.178. The first-order chi connectivity index (χ1) is 9.72. The number of hydrogen-bond acceptors (Lipinski definition) is 6. The Morgan fingerprint density at radius 2 is 2.05 bits per heavy atom. The molecule has 2 aromatic heterocycles. The van der Waals surface area contributed by atoms with E-state index in [4.69, 9.17) is 11.1 Å². The number of nitrogen functional groups attached to an aromatic ring is 1. The zero-order valence-corrected chi connectivity index (χ0v) is 10.4. The lowest BCUT2D eigenvalue weighted by atomic mass is 10.2. The highest BCUT2D eigenvalue weighted by atomic mass is 15.2. The minimum absolute atomic E-state index is 0.161. The molecule has 0 saturated carbocycles. The number of rotatable bonds is 3. The summed E-state index contributed by atoms with van der Waals surface area (Å²) in [4.78, 5) is 8.33. The normalized spacial score (nSPS) is 10.4. The molecule has 0 fully saturated rings. The van der Waals surface area contributed by atoms with Crippen molar-refractivity contribution in [1.82, 2.24) is 20.2 Å². The Hall–Kier alpha value is -3.09. The van der Waals surface area contributed by atoms with Gasteiger partial charge in [0.25, 0.3) is 0 Å². The number of pyridine rings is 1. The van der Waals surface area contributed by atoms with Gasteiger partial charge in [-0.1, -0.05) is 12.1 Å². The fraction of sp³-hybridized carbons (Fsp3) is 0. The Morgan fingerprint density at radius 1 is 1.15 bits per heavy atom. The molecule has 2 heterocycles. The van der Waals surface area contributed by atoms with Gasteiger partial charge in [-0.25, -0.2) is 4.98 Å². The molecule has 0 bridgehead atoms. The molecule has 0 aliphatic carbocycles. The molecule has 7 heteroatoms. The van der Waals surface area contributed by atoms with Gasteiger partial charge in [-0.15, -0.1) is 10.2 Å². The third-order valence-electron chi connectivity index (χ3n) is 2.70. The first-order valence-electron chi connectivity index (χ1n) is 5.88. The van der Waals surface area contributed by atoms with Crippen molar-refractivity contribution in [3.05, 3.63) is 48.4 Å². The van der Waals surface area contributed by atoms with Crippen molar-refractivity contribution in [2.75, 3.05) is 5.32 Å². The molecule has 0 atom stereocenters. The second-order valence-corrected chi connectivity index (χ2v) is 4.12. The van der Waals surface area contributed by atoms with E-state index in [2.05, 4.69) is 25.5 Å². The number of nitrogens with two attached hydrogens (primary N) is 1. The highest BCUT2D eigenvalue weighted by Gasteiger charge is 2.03. The Kier molecular flexibility index (Phi) is 2.92. The molecule has 0 aliphatic heterocycles. The van der Waals surface area contributed by atoms with Crippen LogP contribution in [0.5, 0.6) is 0 Å². The Bertz CT molecular complexity index is 767. The van der Waals surface area contributed by atoms with E-state index < -0.39 is 0 Å². The van der Waals surface area contributed by atoms with Gasteiger partial charge in [0.2, 0.25) is 5.95 Å². The molecule has 0 amide bonds. The Labute approximate surface area is 114 Å². The molecular weight excluding hydrogens is 254 g/mol. The lowest BCUT2D eigenvalue weighted by Crippen LogP contribution is -2.15. The molecule has 0 aliphatic rings. The number of hydrogen-bond donors (Lipinski definition) is 3. The summed E-state index contributed by atoms with van der Waals surface area (Å²) in [5, 5.41) is 19.0. The van der Waals surface area contributed by atoms with E-state index in [0.29, 0.717) is 5.95 Å². The van der Waals surface area contributed by atoms with Gasteiger partial charge in [-0.05, 0) is 18.2 Å². The average molecular weight is 265 g/mol. The monoisotopic (exact) mass is 265 g/mol. The number of amidine groups is 1. The Balaban J connectivity index is 1.87. The van der Waals surface area contributed by atoms with Crippen molar-refractivity contribution < 1.29 is 0 Å². The number of nitrogens with zero attached hydrogens (tertiary/aromatic N) is 4. The zero-order chi connectivity index (χ0) is 13.9. The molecule has 0 radical (unpaired) electrons. The van der Waals surface area contributed by atoms with E-state index in [0.717, 1.165) is 16.6 Å². The predicted molar refractivity (Wildman–Crippen MR) is 75.9 cm³/mol. The van der Waals surface area contributed by atoms with Crippen LogP contribution in [-0.2, 0) is 0 Å². The number of anilines is 2. The van der Waals surface area contributed by atoms with Crippen molar-refractivity contribution in [3.8, 4) is 0 Å². The van der Waals surface area contributed by atoms with Gasteiger partial charge < -0.3 is 11.1 Å². The standard InChI is InChI=1S/C13H11N7/c14-12(15)11-7-17-13(20-19-11)18-9-4-3-8-2-1-5-16-10(8)6-9/h1-7H,(H3,14,15)(H,17,18,20). The van der Waals surface area contributed by atoms with Crippen LogP contribution in [0.25, 0.3) is 10.9 Å². The lowest BCUT2D eigenvalue weighted by molar-refractivity contribution is 0.962. The fourth-order valence-electron chi connectivity index (χ4n) is 1.73. The third kappa shape index (κ3) is 2.37. The fourth-order valence-corrected chi connectivity index (χ4v) is 1.73. The summed E-state index contributed by atoms with van der Waals surface area (Å²) >= 11 is 0. The molecule has 7 nitrogen and oxygen atoms in total. The second kappa shape index (κ2) is 4.88. The molecule has 1 aromatic carbocycles. The van der Waals surface area contributed by atoms with E-state index >= 15 is 0 Å². The molecule has 3 rings (SSSR count). The van der Waals surface area contributed by atoms with Gasteiger partial charge in [0.05, 0.1) is 11.7 Å². The van der Waals surface area contributed by atoms with Gasteiger partial charge in [-0.3, -0.25) is 10.4 Å². The summed E-state index contributed by atoms with van der Waals surface area (Å²) in [6, 6.07) is 9.65. The summed E-state index contributed by atoms with van der Waals surface area (Å²) in [7, 11) is 0. The third-order valence-corrected chi connectivity index (χ3v) is 2.70. The van der Waals surface area contributed by atoms with Crippen molar-refractivity contribution in [2.45, 2.75) is 0 Å². The van der Waals surface area contributed by atoms with Gasteiger partial charge in [-0.2, -0.15) is 0 Å². The van der Waals surface area contributed by atoms with E-state index in [1.54, 1.807) is 6.20 Å². The van der Waals surface area contributed by atoms with Crippen LogP contribution >= 0.6 is 0 Å². The maximum atomic E-state index is 7.22. The minimum Gasteiger partial charge on any atom is -0.382 e. The summed E-state index contributed by atoms with van der Waals surface area (Å²) in [6.45, 7) is 0. The first-order valence-corrected chi connectivity index (χ1v) is 5.88. The van der Waals surface area contributed by atoms with E-state index in [1.165, 1.54) is 6.20 Å². The largest absolute Gasteiger partial charge is 0.382 e. The maximum absolute atomic E-state index is 7.22. The molecule has 3 aromatic rings. The SMILES string of the molecule is N=C(N)c1cnc(Nc2ccc3cccnc3c2)nn1. The van der Waals surface area contributed by atoms with Crippen LogP contribution in [0, 0.1) is 5.41 Å². The van der Waals surface area contributed by atoms with Crippen molar-refractivity contribution in [1.29, 1.82) is 5.41 Å². The lowest BCUT2D eigenvalue weighted by Gasteiger charge is -2.05. The average Bonchev–Trinajstić information content (AvgIpc) is 2.48. The maximum Gasteiger partial charge on any atom is 0.247 e. The van der Waals surface area contributed by atoms with Crippen LogP contribution in [0.15, 0.2) is 42.7 Å². The van der Waals surface area contributed by atoms with Crippen molar-refractivity contribution in [3.63, 3.8) is 0 Å². The molecule has 20 heavy (non-hydrogen) atoms. The van der Waals surface area contributed by atoms with Crippen LogP contribution in [-0.4, -0.2) is 26.0 Å². The highest BCUT2D eigenvalue weighted by Crippen LogP contribution is 2.18. The molecule has 4 N–H and O–H groups in total. The number of fused-ring (bicyclic) bond motifs is 1. The summed E-state index contributed by atoms with van der Waals surface area (Å²) in [5.41, 5.74) is 7.23. The first kappa shape index (κ1) is 12.0.